The molecule has 1 heterocycles. The van der Waals surface area contributed by atoms with Crippen LogP contribution in [0.25, 0.3) is 0 Å². The summed E-state index contributed by atoms with van der Waals surface area (Å²) < 4.78 is 5.72. The van der Waals surface area contributed by atoms with Gasteiger partial charge < -0.3 is 15.0 Å². The van der Waals surface area contributed by atoms with Crippen molar-refractivity contribution in [3.63, 3.8) is 0 Å². The summed E-state index contributed by atoms with van der Waals surface area (Å²) in [5.41, 5.74) is 1.16. The van der Waals surface area contributed by atoms with Gasteiger partial charge in [-0.15, -0.1) is 0 Å². The maximum Gasteiger partial charge on any atom is 0.246 e. The van der Waals surface area contributed by atoms with Crippen molar-refractivity contribution in [2.24, 2.45) is 0 Å². The number of para-hydroxylation sites is 1. The number of ether oxygens (including phenoxy) is 1. The van der Waals surface area contributed by atoms with Crippen molar-refractivity contribution in [2.45, 2.75) is 12.5 Å². The highest BCUT2D eigenvalue weighted by molar-refractivity contribution is 5.90. The molecular formula is C15H18N2O3. The molecule has 0 saturated heterocycles. The number of nitrogens with one attached hydrogen (secondary N) is 1. The van der Waals surface area contributed by atoms with Gasteiger partial charge in [0.1, 0.15) is 11.9 Å². The van der Waals surface area contributed by atoms with Gasteiger partial charge in [-0.2, -0.15) is 0 Å². The largest absolute Gasteiger partial charge is 0.488 e. The van der Waals surface area contributed by atoms with E-state index in [1.165, 1.54) is 11.0 Å². The number of amides is 2. The summed E-state index contributed by atoms with van der Waals surface area (Å²) in [4.78, 5) is 24.3. The van der Waals surface area contributed by atoms with Crippen molar-refractivity contribution in [1.82, 2.24) is 10.2 Å². The minimum Gasteiger partial charge on any atom is -0.488 e. The lowest BCUT2D eigenvalue weighted by molar-refractivity contribution is -0.131. The minimum absolute atomic E-state index is 0.0184. The summed E-state index contributed by atoms with van der Waals surface area (Å²) >= 11 is 0. The molecule has 1 unspecified atom stereocenters. The molecule has 1 aromatic carbocycles. The molecule has 0 saturated carbocycles. The standard InChI is InChI=1S/C15H18N2O3/c1-3-15(19)17(2)10-14(18)16-9-12-8-11-6-4-5-7-13(11)20-12/h3-7,12H,1,8-10H2,2H3,(H,16,18). The average Bonchev–Trinajstić information content (AvgIpc) is 2.87. The van der Waals surface area contributed by atoms with Crippen LogP contribution in [0.3, 0.4) is 0 Å². The van der Waals surface area contributed by atoms with Crippen molar-refractivity contribution in [3.05, 3.63) is 42.5 Å². The number of carbonyl (C=O) groups excluding carboxylic acids is 2. The fourth-order valence-electron chi connectivity index (χ4n) is 2.10. The molecule has 1 aliphatic rings. The second-order valence-corrected chi connectivity index (χ2v) is 4.75. The maximum absolute atomic E-state index is 11.7. The van der Waals surface area contributed by atoms with Gasteiger partial charge in [0.15, 0.2) is 0 Å². The molecule has 1 aliphatic heterocycles. The van der Waals surface area contributed by atoms with Crippen molar-refractivity contribution in [1.29, 1.82) is 0 Å². The first-order valence-corrected chi connectivity index (χ1v) is 6.49. The Labute approximate surface area is 118 Å². The molecule has 0 bridgehead atoms. The number of nitrogens with zero attached hydrogens (tertiary/aromatic N) is 1. The minimum atomic E-state index is -0.273. The van der Waals surface area contributed by atoms with Crippen LogP contribution in [0, 0.1) is 0 Å². The Hall–Kier alpha value is -2.30. The van der Waals surface area contributed by atoms with Crippen LogP contribution in [0.2, 0.25) is 0 Å². The van der Waals surface area contributed by atoms with Crippen LogP contribution in [0.1, 0.15) is 5.56 Å². The van der Waals surface area contributed by atoms with Crippen LogP contribution >= 0.6 is 0 Å². The Bertz CT molecular complexity index is 503. The molecule has 1 aromatic rings. The fourth-order valence-corrected chi connectivity index (χ4v) is 2.10. The highest BCUT2D eigenvalue weighted by Crippen LogP contribution is 2.27. The number of benzene rings is 1. The molecule has 2 rings (SSSR count). The second kappa shape index (κ2) is 6.23. The molecule has 5 nitrogen and oxygen atoms in total. The van der Waals surface area contributed by atoms with E-state index in [-0.39, 0.29) is 24.5 Å². The summed E-state index contributed by atoms with van der Waals surface area (Å²) in [6, 6.07) is 7.84. The Morgan fingerprint density at radius 1 is 1.50 bits per heavy atom. The smallest absolute Gasteiger partial charge is 0.246 e. The van der Waals surface area contributed by atoms with E-state index in [1.54, 1.807) is 7.05 Å². The number of fused-ring (bicyclic) bond motifs is 1. The third kappa shape index (κ3) is 3.38. The van der Waals surface area contributed by atoms with E-state index in [4.69, 9.17) is 4.74 Å². The summed E-state index contributed by atoms with van der Waals surface area (Å²) in [6.45, 7) is 3.83. The van der Waals surface area contributed by atoms with Crippen LogP contribution < -0.4 is 10.1 Å². The number of hydrogen-bond acceptors (Lipinski definition) is 3. The monoisotopic (exact) mass is 274 g/mol. The quantitative estimate of drug-likeness (QED) is 0.806. The van der Waals surface area contributed by atoms with E-state index in [2.05, 4.69) is 11.9 Å². The molecule has 106 valence electrons. The van der Waals surface area contributed by atoms with Gasteiger partial charge in [0.2, 0.25) is 11.8 Å². The van der Waals surface area contributed by atoms with E-state index < -0.39 is 0 Å². The molecule has 0 aromatic heterocycles. The van der Waals surface area contributed by atoms with Gasteiger partial charge in [-0.25, -0.2) is 0 Å². The van der Waals surface area contributed by atoms with Crippen molar-refractivity contribution >= 4 is 11.8 Å². The highest BCUT2D eigenvalue weighted by Gasteiger charge is 2.22. The molecule has 0 fully saturated rings. The lowest BCUT2D eigenvalue weighted by Crippen LogP contribution is -2.41. The van der Waals surface area contributed by atoms with E-state index in [9.17, 15) is 9.59 Å². The van der Waals surface area contributed by atoms with Gasteiger partial charge in [0.05, 0.1) is 13.1 Å². The topological polar surface area (TPSA) is 58.6 Å². The van der Waals surface area contributed by atoms with Gasteiger partial charge in [0.25, 0.3) is 0 Å². The Kier molecular flexibility index (Phi) is 4.40. The predicted molar refractivity (Wildman–Crippen MR) is 75.4 cm³/mol. The molecule has 2 amide bonds. The van der Waals surface area contributed by atoms with E-state index in [0.717, 1.165) is 17.7 Å². The molecule has 1 N–H and O–H groups in total. The van der Waals surface area contributed by atoms with Gasteiger partial charge in [-0.05, 0) is 17.7 Å². The summed E-state index contributed by atoms with van der Waals surface area (Å²) in [5.74, 6) is 0.401. The van der Waals surface area contributed by atoms with Gasteiger partial charge in [0, 0.05) is 13.5 Å². The normalized spacial score (nSPS) is 15.9. The van der Waals surface area contributed by atoms with Gasteiger partial charge in [-0.1, -0.05) is 24.8 Å². The van der Waals surface area contributed by atoms with E-state index in [1.807, 2.05) is 24.3 Å². The van der Waals surface area contributed by atoms with Crippen LogP contribution in [0.5, 0.6) is 5.75 Å². The SMILES string of the molecule is C=CC(=O)N(C)CC(=O)NCC1Cc2ccccc2O1. The predicted octanol–water partition coefficient (Wildman–Crippen LogP) is 0.751. The summed E-state index contributed by atoms with van der Waals surface area (Å²) in [5, 5.41) is 2.78. The zero-order valence-corrected chi connectivity index (χ0v) is 11.5. The maximum atomic E-state index is 11.7. The van der Waals surface area contributed by atoms with E-state index >= 15 is 0 Å². The van der Waals surface area contributed by atoms with Crippen LogP contribution in [-0.4, -0.2) is 43.0 Å². The summed E-state index contributed by atoms with van der Waals surface area (Å²) in [7, 11) is 1.56. The lowest BCUT2D eigenvalue weighted by atomic mass is 10.1. The molecule has 0 radical (unpaired) electrons. The molecule has 5 heteroatoms. The summed E-state index contributed by atoms with van der Waals surface area (Å²) in [6.07, 6.45) is 1.93. The lowest BCUT2D eigenvalue weighted by Gasteiger charge is -2.16. The highest BCUT2D eigenvalue weighted by atomic mass is 16.5. The zero-order valence-electron chi connectivity index (χ0n) is 11.5. The van der Waals surface area contributed by atoms with Crippen molar-refractivity contribution in [2.75, 3.05) is 20.1 Å². The number of hydrogen-bond donors (Lipinski definition) is 1. The zero-order chi connectivity index (χ0) is 14.5. The van der Waals surface area contributed by atoms with E-state index in [0.29, 0.717) is 6.54 Å². The molecule has 1 atom stereocenters. The number of rotatable bonds is 5. The first-order valence-electron chi connectivity index (χ1n) is 6.49. The second-order valence-electron chi connectivity index (χ2n) is 4.75. The third-order valence-corrected chi connectivity index (χ3v) is 3.17. The number of likely N-dealkylation sites (N-methyl/N-ethyl adjacent to an activating group) is 1. The fraction of sp³-hybridized carbons (Fsp3) is 0.333. The molecule has 20 heavy (non-hydrogen) atoms. The first kappa shape index (κ1) is 14.1. The van der Waals surface area contributed by atoms with Crippen LogP contribution in [0.4, 0.5) is 0 Å². The first-order chi connectivity index (χ1) is 9.60. The Morgan fingerprint density at radius 2 is 2.25 bits per heavy atom. The Morgan fingerprint density at radius 3 is 2.95 bits per heavy atom. The van der Waals surface area contributed by atoms with Gasteiger partial charge >= 0.3 is 0 Å². The Balaban J connectivity index is 1.76. The molecule has 0 spiro atoms. The van der Waals surface area contributed by atoms with Crippen molar-refractivity contribution in [3.8, 4) is 5.75 Å². The van der Waals surface area contributed by atoms with Crippen LogP contribution in [0.15, 0.2) is 36.9 Å². The van der Waals surface area contributed by atoms with Crippen molar-refractivity contribution < 1.29 is 14.3 Å². The third-order valence-electron chi connectivity index (χ3n) is 3.17. The molecule has 0 aliphatic carbocycles. The van der Waals surface area contributed by atoms with Crippen LogP contribution in [-0.2, 0) is 16.0 Å². The molecular weight excluding hydrogens is 256 g/mol. The van der Waals surface area contributed by atoms with Gasteiger partial charge in [-0.3, -0.25) is 9.59 Å². The number of carbonyl (C=O) groups is 2. The average molecular weight is 274 g/mol.